The number of fused-ring (bicyclic) bond motifs is 3. The van der Waals surface area contributed by atoms with E-state index in [0.29, 0.717) is 31.9 Å². The number of carbonyl (C=O) groups excluding carboxylic acids is 2. The highest BCUT2D eigenvalue weighted by molar-refractivity contribution is 6.00. The third-order valence-corrected chi connectivity index (χ3v) is 5.25. The molecule has 6 nitrogen and oxygen atoms in total. The first-order valence-corrected chi connectivity index (χ1v) is 8.56. The van der Waals surface area contributed by atoms with E-state index < -0.39 is 6.04 Å². The molecular formula is C18H22N2O4. The van der Waals surface area contributed by atoms with Crippen LogP contribution < -0.4 is 9.64 Å². The summed E-state index contributed by atoms with van der Waals surface area (Å²) in [6.45, 7) is 1.72. The van der Waals surface area contributed by atoms with Crippen LogP contribution in [0.1, 0.15) is 19.3 Å². The summed E-state index contributed by atoms with van der Waals surface area (Å²) in [6.07, 6.45) is 1.90. The minimum atomic E-state index is -0.427. The van der Waals surface area contributed by atoms with Crippen LogP contribution in [0.15, 0.2) is 24.3 Å². The van der Waals surface area contributed by atoms with Crippen molar-refractivity contribution in [2.75, 3.05) is 31.7 Å². The molecular weight excluding hydrogens is 308 g/mol. The van der Waals surface area contributed by atoms with Gasteiger partial charge in [0, 0.05) is 32.6 Å². The lowest BCUT2D eigenvalue weighted by atomic mass is 9.98. The van der Waals surface area contributed by atoms with E-state index >= 15 is 0 Å². The maximum Gasteiger partial charge on any atom is 0.249 e. The topological polar surface area (TPSA) is 59.1 Å². The maximum absolute atomic E-state index is 13.0. The van der Waals surface area contributed by atoms with E-state index in [0.717, 1.165) is 18.5 Å². The highest BCUT2D eigenvalue weighted by Crippen LogP contribution is 2.36. The van der Waals surface area contributed by atoms with E-state index in [1.54, 1.807) is 16.8 Å². The Bertz CT molecular complexity index is 656. The zero-order chi connectivity index (χ0) is 16.7. The molecule has 2 saturated heterocycles. The van der Waals surface area contributed by atoms with Crippen molar-refractivity contribution in [3.8, 4) is 5.75 Å². The van der Waals surface area contributed by atoms with Crippen molar-refractivity contribution in [1.82, 2.24) is 4.90 Å². The Morgan fingerprint density at radius 3 is 2.75 bits per heavy atom. The number of amides is 2. The van der Waals surface area contributed by atoms with Crippen LogP contribution in [-0.2, 0) is 14.3 Å². The number of hydrogen-bond donors (Lipinski definition) is 0. The Balaban J connectivity index is 1.61. The monoisotopic (exact) mass is 330 g/mol. The van der Waals surface area contributed by atoms with Gasteiger partial charge in [-0.1, -0.05) is 12.1 Å². The minimum absolute atomic E-state index is 0.0336. The fraction of sp³-hybridized carbons (Fsp3) is 0.556. The van der Waals surface area contributed by atoms with Crippen molar-refractivity contribution in [3.05, 3.63) is 24.3 Å². The highest BCUT2D eigenvalue weighted by Gasteiger charge is 2.45. The van der Waals surface area contributed by atoms with Crippen LogP contribution in [0.5, 0.6) is 5.75 Å². The highest BCUT2D eigenvalue weighted by atomic mass is 16.5. The quantitative estimate of drug-likeness (QED) is 0.782. The molecule has 2 fully saturated rings. The number of nitrogens with zero attached hydrogens (tertiary/aromatic N) is 2. The van der Waals surface area contributed by atoms with Gasteiger partial charge in [0.05, 0.1) is 12.2 Å². The van der Waals surface area contributed by atoms with Gasteiger partial charge < -0.3 is 19.3 Å². The minimum Gasteiger partial charge on any atom is -0.486 e. The molecule has 2 bridgehead atoms. The number of hydrogen-bond acceptors (Lipinski definition) is 4. The lowest BCUT2D eigenvalue weighted by Crippen LogP contribution is -2.49. The molecule has 0 aromatic heterocycles. The van der Waals surface area contributed by atoms with Crippen molar-refractivity contribution in [2.24, 2.45) is 5.92 Å². The molecule has 2 atom stereocenters. The maximum atomic E-state index is 13.0. The first-order chi connectivity index (χ1) is 11.6. The molecule has 3 aliphatic rings. The Morgan fingerprint density at radius 2 is 1.96 bits per heavy atom. The molecule has 0 radical (unpaired) electrons. The second-order valence-electron chi connectivity index (χ2n) is 6.73. The first kappa shape index (κ1) is 15.4. The molecule has 0 spiro atoms. The molecule has 4 rings (SSSR count). The van der Waals surface area contributed by atoms with Gasteiger partial charge in [0.1, 0.15) is 17.9 Å². The summed E-state index contributed by atoms with van der Waals surface area (Å²) >= 11 is 0. The third kappa shape index (κ3) is 2.55. The van der Waals surface area contributed by atoms with Crippen LogP contribution in [0.3, 0.4) is 0 Å². The van der Waals surface area contributed by atoms with E-state index in [1.165, 1.54) is 0 Å². The molecule has 0 aliphatic carbocycles. The number of rotatable bonds is 1. The van der Waals surface area contributed by atoms with Gasteiger partial charge in [-0.15, -0.1) is 0 Å². The first-order valence-electron chi connectivity index (χ1n) is 8.56. The van der Waals surface area contributed by atoms with Crippen LogP contribution in [0.4, 0.5) is 5.69 Å². The SMILES string of the molecule is CN1C(=O)[C@@H]2C[C@@H](CN2C(=O)C2CCOCC2)Oc2ccccc21. The molecule has 1 aromatic rings. The predicted molar refractivity (Wildman–Crippen MR) is 87.9 cm³/mol. The second kappa shape index (κ2) is 6.09. The number of carbonyl (C=O) groups is 2. The predicted octanol–water partition coefficient (Wildman–Crippen LogP) is 1.44. The van der Waals surface area contributed by atoms with Crippen LogP contribution >= 0.6 is 0 Å². The summed E-state index contributed by atoms with van der Waals surface area (Å²) in [5, 5.41) is 0. The summed E-state index contributed by atoms with van der Waals surface area (Å²) in [5.41, 5.74) is 0.762. The van der Waals surface area contributed by atoms with Crippen molar-refractivity contribution in [1.29, 1.82) is 0 Å². The molecule has 3 heterocycles. The van der Waals surface area contributed by atoms with Crippen molar-refractivity contribution in [3.63, 3.8) is 0 Å². The third-order valence-electron chi connectivity index (χ3n) is 5.25. The molecule has 0 saturated carbocycles. The molecule has 3 aliphatic heterocycles. The van der Waals surface area contributed by atoms with Gasteiger partial charge in [0.15, 0.2) is 0 Å². The Kier molecular flexibility index (Phi) is 3.92. The number of anilines is 1. The van der Waals surface area contributed by atoms with Gasteiger partial charge in [0.25, 0.3) is 0 Å². The van der Waals surface area contributed by atoms with E-state index in [-0.39, 0.29) is 23.8 Å². The smallest absolute Gasteiger partial charge is 0.249 e. The Labute approximate surface area is 141 Å². The lowest BCUT2D eigenvalue weighted by Gasteiger charge is -2.31. The van der Waals surface area contributed by atoms with E-state index in [2.05, 4.69) is 0 Å². The average Bonchev–Trinajstić information content (AvgIpc) is 3.05. The number of benzene rings is 1. The molecule has 1 aromatic carbocycles. The van der Waals surface area contributed by atoms with Crippen LogP contribution in [-0.4, -0.2) is 55.7 Å². The van der Waals surface area contributed by atoms with Gasteiger partial charge >= 0.3 is 0 Å². The zero-order valence-electron chi connectivity index (χ0n) is 13.8. The van der Waals surface area contributed by atoms with E-state index in [9.17, 15) is 9.59 Å². The van der Waals surface area contributed by atoms with Crippen molar-refractivity contribution < 1.29 is 19.1 Å². The van der Waals surface area contributed by atoms with Gasteiger partial charge in [-0.3, -0.25) is 9.59 Å². The fourth-order valence-electron chi connectivity index (χ4n) is 3.90. The van der Waals surface area contributed by atoms with Gasteiger partial charge in [-0.05, 0) is 25.0 Å². The van der Waals surface area contributed by atoms with E-state index in [4.69, 9.17) is 9.47 Å². The van der Waals surface area contributed by atoms with Gasteiger partial charge in [0.2, 0.25) is 11.8 Å². The Hall–Kier alpha value is -2.08. The number of ether oxygens (including phenoxy) is 2. The summed E-state index contributed by atoms with van der Waals surface area (Å²) in [7, 11) is 1.75. The summed E-state index contributed by atoms with van der Waals surface area (Å²) < 4.78 is 11.5. The largest absolute Gasteiger partial charge is 0.486 e. The molecule has 0 N–H and O–H groups in total. The standard InChI is InChI=1S/C18H22N2O4/c1-19-14-4-2-3-5-16(14)24-13-10-15(18(19)22)20(11-13)17(21)12-6-8-23-9-7-12/h2-5,12-13,15H,6-11H2,1H3/t13-,15-/m0/s1. The van der Waals surface area contributed by atoms with Crippen molar-refractivity contribution in [2.45, 2.75) is 31.4 Å². The zero-order valence-corrected chi connectivity index (χ0v) is 13.8. The van der Waals surface area contributed by atoms with Gasteiger partial charge in [-0.2, -0.15) is 0 Å². The number of likely N-dealkylation sites (tertiary alicyclic amines) is 1. The van der Waals surface area contributed by atoms with Crippen LogP contribution in [0.25, 0.3) is 0 Å². The second-order valence-corrected chi connectivity index (χ2v) is 6.73. The molecule has 24 heavy (non-hydrogen) atoms. The summed E-state index contributed by atoms with van der Waals surface area (Å²) in [4.78, 5) is 29.3. The number of para-hydroxylation sites is 2. The molecule has 128 valence electrons. The van der Waals surface area contributed by atoms with Gasteiger partial charge in [-0.25, -0.2) is 0 Å². The van der Waals surface area contributed by atoms with Crippen molar-refractivity contribution >= 4 is 17.5 Å². The molecule has 2 amide bonds. The Morgan fingerprint density at radius 1 is 1.21 bits per heavy atom. The van der Waals surface area contributed by atoms with E-state index in [1.807, 2.05) is 24.3 Å². The average molecular weight is 330 g/mol. The normalized spacial score (nSPS) is 27.3. The molecule has 0 unspecified atom stereocenters. The summed E-state index contributed by atoms with van der Waals surface area (Å²) in [6, 6.07) is 7.12. The lowest BCUT2D eigenvalue weighted by molar-refractivity contribution is -0.143. The van der Waals surface area contributed by atoms with Crippen LogP contribution in [0.2, 0.25) is 0 Å². The van der Waals surface area contributed by atoms with Crippen LogP contribution in [0, 0.1) is 5.92 Å². The fourth-order valence-corrected chi connectivity index (χ4v) is 3.90. The number of likely N-dealkylation sites (N-methyl/N-ethyl adjacent to an activating group) is 1. The molecule has 6 heteroatoms. The summed E-state index contributed by atoms with van der Waals surface area (Å²) in [5.74, 6) is 0.703.